The van der Waals surface area contributed by atoms with Crippen LogP contribution in [0.15, 0.2) is 0 Å². The zero-order chi connectivity index (χ0) is 10.8. The van der Waals surface area contributed by atoms with Crippen molar-refractivity contribution >= 4 is 0 Å². The zero-order valence-electron chi connectivity index (χ0n) is 5.38. The fraction of sp³-hybridized carbons (Fsp3) is 1.00. The van der Waals surface area contributed by atoms with Crippen molar-refractivity contribution in [2.75, 3.05) is 0 Å². The van der Waals surface area contributed by atoms with Crippen LogP contribution in [0.25, 0.3) is 0 Å². The first-order valence-corrected chi connectivity index (χ1v) is 1.86. The van der Waals surface area contributed by atoms with Crippen LogP contribution in [0.1, 0.15) is 0 Å². The van der Waals surface area contributed by atoms with Crippen molar-refractivity contribution in [1.82, 2.24) is 5.39 Å². The van der Waals surface area contributed by atoms with Crippen LogP contribution in [0, 0.1) is 0 Å². The molecule has 0 amide bonds. The van der Waals surface area contributed by atoms with E-state index in [0.29, 0.717) is 0 Å². The average molecular weight is 195 g/mol. The number of hydrogen-bond acceptors (Lipinski definition) is 11. The Morgan fingerprint density at radius 1 is 0.833 bits per heavy atom. The molecule has 0 spiro atoms. The van der Waals surface area contributed by atoms with Crippen LogP contribution in [-0.2, 0) is 5.04 Å². The second kappa shape index (κ2) is 10.6. The maximum atomic E-state index is 7.19. The summed E-state index contributed by atoms with van der Waals surface area (Å²) in [6.45, 7) is 0. The molecule has 0 saturated heterocycles. The Kier molecular flexibility index (Phi) is 15.5. The topological polar surface area (TPSA) is 195 Å². The second-order valence-corrected chi connectivity index (χ2v) is 0.950. The van der Waals surface area contributed by atoms with Gasteiger partial charge in [-0.1, -0.05) is 5.04 Å². The third kappa shape index (κ3) is 3620. The van der Waals surface area contributed by atoms with E-state index in [4.69, 9.17) is 46.6 Å². The smallest absolute Gasteiger partial charge is 0.319 e. The van der Waals surface area contributed by atoms with Crippen LogP contribution in [0.3, 0.4) is 0 Å². The molecule has 78 valence electrons. The lowest BCUT2D eigenvalue weighted by Gasteiger charge is -1.99. The number of aliphatic hydroxyl groups is 4. The minimum Gasteiger partial charge on any atom is -0.319 e. The summed E-state index contributed by atoms with van der Waals surface area (Å²) in [7, 11) is 0. The quantitative estimate of drug-likeness (QED) is 0.108. The van der Waals surface area contributed by atoms with Gasteiger partial charge in [-0.05, 0) is 0 Å². The summed E-state index contributed by atoms with van der Waals surface area (Å²) >= 11 is 0. The number of rotatable bonds is 0. The molecule has 0 fully saturated rings. The first kappa shape index (κ1) is 17.6. The predicted molar refractivity (Wildman–Crippen MR) is 25.1 cm³/mol. The highest BCUT2D eigenvalue weighted by atomic mass is 17.4. The standard InChI is InChI=1S/CH4O4.H3NO3.H2O3/c2-1(3,4)5;2-1(3)4;1-3-2/h2-5H;2-4H;1-2H. The highest BCUT2D eigenvalue weighted by Gasteiger charge is 2.07. The Hall–Kier alpha value is -0.440. The molecule has 0 radical (unpaired) electrons. The average Bonchev–Trinajstić information content (AvgIpc) is 1.56. The molecule has 0 saturated carbocycles. The van der Waals surface area contributed by atoms with Crippen molar-refractivity contribution in [1.29, 1.82) is 0 Å². The highest BCUT2D eigenvalue weighted by molar-refractivity contribution is 3.99. The molecule has 11 nitrogen and oxygen atoms in total. The summed E-state index contributed by atoms with van der Waals surface area (Å²) < 4.78 is 0. The van der Waals surface area contributed by atoms with Gasteiger partial charge in [0.25, 0.3) is 0 Å². The van der Waals surface area contributed by atoms with E-state index in [1.807, 2.05) is 0 Å². The van der Waals surface area contributed by atoms with E-state index < -0.39 is 11.5 Å². The Morgan fingerprint density at radius 2 is 0.833 bits per heavy atom. The largest absolute Gasteiger partial charge is 0.402 e. The van der Waals surface area contributed by atoms with Crippen LogP contribution in [0.2, 0.25) is 0 Å². The first-order chi connectivity index (χ1) is 5.15. The van der Waals surface area contributed by atoms with Gasteiger partial charge in [0, 0.05) is 0 Å². The van der Waals surface area contributed by atoms with Gasteiger partial charge in [0.1, 0.15) is 0 Å². The van der Waals surface area contributed by atoms with Crippen LogP contribution in [0.5, 0.6) is 0 Å². The molecular formula is CH9NO10. The van der Waals surface area contributed by atoms with E-state index in [9.17, 15) is 0 Å². The molecule has 0 rings (SSSR count). The summed E-state index contributed by atoms with van der Waals surface area (Å²) in [6, 6.07) is 0. The SMILES string of the molecule is OC(O)(O)O.ON(O)O.OOO. The molecule has 12 heavy (non-hydrogen) atoms. The van der Waals surface area contributed by atoms with Gasteiger partial charge >= 0.3 is 6.16 Å². The van der Waals surface area contributed by atoms with E-state index in [1.165, 1.54) is 0 Å². The van der Waals surface area contributed by atoms with Gasteiger partial charge in [0.2, 0.25) is 0 Å². The molecule has 0 bridgehead atoms. The fourth-order valence-corrected chi connectivity index (χ4v) is 0. The molecule has 0 aliphatic rings. The van der Waals surface area contributed by atoms with Crippen molar-refractivity contribution in [3.63, 3.8) is 0 Å². The molecule has 0 aromatic carbocycles. The molecule has 0 heterocycles. The molecule has 9 N–H and O–H groups in total. The monoisotopic (exact) mass is 195 g/mol. The van der Waals surface area contributed by atoms with Gasteiger partial charge in [-0.3, -0.25) is 15.6 Å². The Labute approximate surface area is 64.5 Å². The van der Waals surface area contributed by atoms with Gasteiger partial charge in [0.05, 0.1) is 5.39 Å². The van der Waals surface area contributed by atoms with Crippen molar-refractivity contribution in [2.24, 2.45) is 0 Å². The Morgan fingerprint density at radius 3 is 0.833 bits per heavy atom. The van der Waals surface area contributed by atoms with E-state index in [2.05, 4.69) is 5.04 Å². The molecule has 0 atom stereocenters. The van der Waals surface area contributed by atoms with Crippen LogP contribution < -0.4 is 0 Å². The predicted octanol–water partition coefficient (Wildman–Crippen LogP) is -3.03. The number of nitrogens with zero attached hydrogens (tertiary/aromatic N) is 1. The lowest BCUT2D eigenvalue weighted by Crippen LogP contribution is -2.25. The summed E-state index contributed by atoms with van der Waals surface area (Å²) in [5.74, 6) is 0. The van der Waals surface area contributed by atoms with E-state index in [-0.39, 0.29) is 0 Å². The molecule has 0 unspecified atom stereocenters. The minimum absolute atomic E-state index is 1.00. The molecule has 0 aliphatic carbocycles. The lowest BCUT2D eigenvalue weighted by molar-refractivity contribution is -0.472. The van der Waals surface area contributed by atoms with Crippen LogP contribution in [0.4, 0.5) is 0 Å². The summed E-state index contributed by atoms with van der Waals surface area (Å²) in [6.07, 6.45) is -3.50. The van der Waals surface area contributed by atoms with E-state index >= 15 is 0 Å². The van der Waals surface area contributed by atoms with E-state index in [0.717, 1.165) is 0 Å². The number of hydrogen-bond donors (Lipinski definition) is 9. The van der Waals surface area contributed by atoms with Crippen molar-refractivity contribution in [3.8, 4) is 0 Å². The molecule has 0 aromatic rings. The van der Waals surface area contributed by atoms with Crippen molar-refractivity contribution < 1.29 is 51.6 Å². The maximum absolute atomic E-state index is 7.19. The van der Waals surface area contributed by atoms with E-state index in [1.54, 1.807) is 0 Å². The third-order valence-corrected chi connectivity index (χ3v) is 0. The minimum atomic E-state index is -3.50. The van der Waals surface area contributed by atoms with Gasteiger partial charge in [-0.2, -0.15) is 0 Å². The summed E-state index contributed by atoms with van der Waals surface area (Å²) in [5.41, 5.74) is 0. The van der Waals surface area contributed by atoms with Gasteiger partial charge < -0.3 is 20.4 Å². The van der Waals surface area contributed by atoms with Crippen LogP contribution in [-0.4, -0.2) is 58.1 Å². The molecule has 0 aliphatic heterocycles. The summed E-state index contributed by atoms with van der Waals surface area (Å²) in [4.78, 5) is 0. The molecule has 0 aromatic heterocycles. The molecular weight excluding hydrogens is 186 g/mol. The summed E-state index contributed by atoms with van der Waals surface area (Å²) in [5, 5.41) is 64.2. The molecule has 11 heteroatoms. The normalized spacial score (nSPS) is 9.50. The van der Waals surface area contributed by atoms with Crippen LogP contribution >= 0.6 is 0 Å². The Bertz CT molecular complexity index is 56.0. The van der Waals surface area contributed by atoms with Crippen molar-refractivity contribution in [3.05, 3.63) is 0 Å². The van der Waals surface area contributed by atoms with Gasteiger partial charge in [0.15, 0.2) is 0 Å². The Balaban J connectivity index is -0.000000105. The van der Waals surface area contributed by atoms with Gasteiger partial charge in [-0.15, -0.1) is 0 Å². The van der Waals surface area contributed by atoms with Crippen molar-refractivity contribution in [2.45, 2.75) is 6.16 Å². The first-order valence-electron chi connectivity index (χ1n) is 1.86. The fourth-order valence-electron chi connectivity index (χ4n) is 0. The zero-order valence-corrected chi connectivity index (χ0v) is 5.38. The highest BCUT2D eigenvalue weighted by Crippen LogP contribution is 1.75. The maximum Gasteiger partial charge on any atom is 0.402 e. The lowest BCUT2D eigenvalue weighted by atomic mass is 11.2. The van der Waals surface area contributed by atoms with Gasteiger partial charge in [-0.25, -0.2) is 10.5 Å². The second-order valence-electron chi connectivity index (χ2n) is 0.950. The third-order valence-electron chi connectivity index (χ3n) is 0.